The lowest BCUT2D eigenvalue weighted by molar-refractivity contribution is 0.453. The van der Waals surface area contributed by atoms with E-state index in [1.54, 1.807) is 7.05 Å². The van der Waals surface area contributed by atoms with Gasteiger partial charge in [0.1, 0.15) is 9.84 Å². The molecule has 0 aromatic rings. The van der Waals surface area contributed by atoms with E-state index in [4.69, 9.17) is 0 Å². The van der Waals surface area contributed by atoms with E-state index in [1.807, 2.05) is 13.1 Å². The molecule has 1 rings (SSSR count). The third-order valence-electron chi connectivity index (χ3n) is 3.62. The first kappa shape index (κ1) is 17.0. The van der Waals surface area contributed by atoms with Crippen molar-refractivity contribution in [3.05, 3.63) is 12.7 Å². The second-order valence-corrected chi connectivity index (χ2v) is 7.96. The van der Waals surface area contributed by atoms with Crippen LogP contribution in [0, 0.1) is 5.41 Å². The van der Waals surface area contributed by atoms with Crippen LogP contribution in [0.15, 0.2) is 17.6 Å². The first-order chi connectivity index (χ1) is 9.32. The minimum Gasteiger partial charge on any atom is -0.356 e. The number of unbranched alkanes of at least 4 members (excludes halogenated alkanes) is 1. The fourth-order valence-corrected chi connectivity index (χ4v) is 3.84. The molecule has 0 amide bonds. The Labute approximate surface area is 123 Å². The minimum absolute atomic E-state index is 0.0779. The highest BCUT2D eigenvalue weighted by Crippen LogP contribution is 2.46. The highest BCUT2D eigenvalue weighted by atomic mass is 32.2. The topological polar surface area (TPSA) is 61.8 Å². The SMILES string of the molecule is C=CCCCN(C)C(=NC)NCC1(CS(C)(=O)=O)CC1. The van der Waals surface area contributed by atoms with Crippen molar-refractivity contribution in [1.29, 1.82) is 0 Å². The van der Waals surface area contributed by atoms with Gasteiger partial charge in [0.05, 0.1) is 5.75 Å². The number of guanidine groups is 1. The summed E-state index contributed by atoms with van der Waals surface area (Å²) >= 11 is 0. The Morgan fingerprint density at radius 2 is 2.15 bits per heavy atom. The molecule has 0 heterocycles. The van der Waals surface area contributed by atoms with Crippen molar-refractivity contribution in [2.45, 2.75) is 25.7 Å². The van der Waals surface area contributed by atoms with Gasteiger partial charge in [-0.3, -0.25) is 4.99 Å². The third-order valence-corrected chi connectivity index (χ3v) is 4.76. The highest BCUT2D eigenvalue weighted by Gasteiger charge is 2.45. The van der Waals surface area contributed by atoms with Crippen LogP contribution in [-0.4, -0.2) is 58.5 Å². The zero-order valence-corrected chi connectivity index (χ0v) is 13.7. The average molecular weight is 301 g/mol. The Hall–Kier alpha value is -1.04. The fourth-order valence-electron chi connectivity index (χ4n) is 2.34. The number of rotatable bonds is 8. The molecule has 0 radical (unpaired) electrons. The number of nitrogens with zero attached hydrogens (tertiary/aromatic N) is 2. The first-order valence-corrected chi connectivity index (χ1v) is 9.08. The van der Waals surface area contributed by atoms with E-state index in [1.165, 1.54) is 6.26 Å². The van der Waals surface area contributed by atoms with Gasteiger partial charge in [-0.1, -0.05) is 6.08 Å². The monoisotopic (exact) mass is 301 g/mol. The van der Waals surface area contributed by atoms with Crippen LogP contribution < -0.4 is 5.32 Å². The molecule has 6 heteroatoms. The van der Waals surface area contributed by atoms with Gasteiger partial charge in [0, 0.05) is 38.9 Å². The summed E-state index contributed by atoms with van der Waals surface area (Å²) in [6.45, 7) is 5.30. The van der Waals surface area contributed by atoms with Crippen LogP contribution in [0.3, 0.4) is 0 Å². The molecule has 0 unspecified atom stereocenters. The number of nitrogens with one attached hydrogen (secondary N) is 1. The van der Waals surface area contributed by atoms with E-state index in [9.17, 15) is 8.42 Å². The number of allylic oxidation sites excluding steroid dienone is 1. The van der Waals surface area contributed by atoms with Crippen molar-refractivity contribution < 1.29 is 8.42 Å². The van der Waals surface area contributed by atoms with Gasteiger partial charge in [-0.15, -0.1) is 6.58 Å². The van der Waals surface area contributed by atoms with E-state index in [-0.39, 0.29) is 11.2 Å². The molecular formula is C14H27N3O2S. The molecule has 5 nitrogen and oxygen atoms in total. The molecule has 0 spiro atoms. The molecule has 1 aliphatic rings. The average Bonchev–Trinajstić information content (AvgIpc) is 3.08. The second kappa shape index (κ2) is 7.11. The summed E-state index contributed by atoms with van der Waals surface area (Å²) in [6.07, 6.45) is 7.20. The van der Waals surface area contributed by atoms with Crippen LogP contribution >= 0.6 is 0 Å². The van der Waals surface area contributed by atoms with Crippen LogP contribution in [0.5, 0.6) is 0 Å². The van der Waals surface area contributed by atoms with Crippen molar-refractivity contribution in [2.75, 3.05) is 39.2 Å². The molecular weight excluding hydrogens is 274 g/mol. The van der Waals surface area contributed by atoms with Gasteiger partial charge < -0.3 is 10.2 Å². The zero-order valence-electron chi connectivity index (χ0n) is 12.9. The lowest BCUT2D eigenvalue weighted by Crippen LogP contribution is -2.43. The van der Waals surface area contributed by atoms with Crippen molar-refractivity contribution in [3.63, 3.8) is 0 Å². The maximum Gasteiger partial charge on any atom is 0.193 e. The Morgan fingerprint density at radius 1 is 1.50 bits per heavy atom. The van der Waals surface area contributed by atoms with E-state index in [0.29, 0.717) is 6.54 Å². The van der Waals surface area contributed by atoms with Crippen molar-refractivity contribution in [2.24, 2.45) is 10.4 Å². The smallest absolute Gasteiger partial charge is 0.193 e. The normalized spacial score (nSPS) is 17.6. The van der Waals surface area contributed by atoms with Crippen LogP contribution in [0.4, 0.5) is 0 Å². The van der Waals surface area contributed by atoms with Gasteiger partial charge in [0.2, 0.25) is 0 Å². The zero-order chi connectivity index (χ0) is 15.2. The molecule has 1 saturated carbocycles. The fraction of sp³-hybridized carbons (Fsp3) is 0.786. The quantitative estimate of drug-likeness (QED) is 0.317. The third kappa shape index (κ3) is 5.94. The van der Waals surface area contributed by atoms with Gasteiger partial charge in [-0.05, 0) is 25.7 Å². The van der Waals surface area contributed by atoms with Gasteiger partial charge >= 0.3 is 0 Å². The van der Waals surface area contributed by atoms with Gasteiger partial charge in [0.25, 0.3) is 0 Å². The molecule has 0 aliphatic heterocycles. The molecule has 0 bridgehead atoms. The summed E-state index contributed by atoms with van der Waals surface area (Å²) < 4.78 is 22.9. The summed E-state index contributed by atoms with van der Waals surface area (Å²) in [5.41, 5.74) is -0.0779. The first-order valence-electron chi connectivity index (χ1n) is 7.02. The highest BCUT2D eigenvalue weighted by molar-refractivity contribution is 7.90. The van der Waals surface area contributed by atoms with E-state index >= 15 is 0 Å². The van der Waals surface area contributed by atoms with Crippen LogP contribution in [0.25, 0.3) is 0 Å². The Bertz CT molecular complexity index is 453. The molecule has 116 valence electrons. The number of aliphatic imine (C=N–C) groups is 1. The van der Waals surface area contributed by atoms with Gasteiger partial charge in [-0.2, -0.15) is 0 Å². The Morgan fingerprint density at radius 3 is 2.60 bits per heavy atom. The number of hydrogen-bond acceptors (Lipinski definition) is 3. The van der Waals surface area contributed by atoms with Crippen LogP contribution in [0.2, 0.25) is 0 Å². The largest absolute Gasteiger partial charge is 0.356 e. The minimum atomic E-state index is -2.92. The maximum absolute atomic E-state index is 11.4. The summed E-state index contributed by atoms with van der Waals surface area (Å²) in [4.78, 5) is 6.32. The van der Waals surface area contributed by atoms with E-state index in [0.717, 1.165) is 38.2 Å². The number of hydrogen-bond donors (Lipinski definition) is 1. The standard InChI is InChI=1S/C14H27N3O2S/c1-5-6-7-10-17(3)13(15-2)16-11-14(8-9-14)12-20(4,18)19/h5H,1,6-12H2,2-4H3,(H,15,16). The predicted octanol–water partition coefficient (Wildman–Crippen LogP) is 1.28. The second-order valence-electron chi connectivity index (χ2n) is 5.82. The maximum atomic E-state index is 11.4. The summed E-state index contributed by atoms with van der Waals surface area (Å²) in [6, 6.07) is 0. The van der Waals surface area contributed by atoms with Crippen LogP contribution in [0.1, 0.15) is 25.7 Å². The molecule has 0 atom stereocenters. The summed E-state index contributed by atoms with van der Waals surface area (Å²) in [7, 11) is 0.831. The molecule has 1 aliphatic carbocycles. The molecule has 1 N–H and O–H groups in total. The molecule has 0 aromatic carbocycles. The molecule has 0 saturated heterocycles. The molecule has 1 fully saturated rings. The van der Waals surface area contributed by atoms with Gasteiger partial charge in [-0.25, -0.2) is 8.42 Å². The molecule has 20 heavy (non-hydrogen) atoms. The van der Waals surface area contributed by atoms with Gasteiger partial charge in [0.15, 0.2) is 5.96 Å². The number of sulfone groups is 1. The molecule has 0 aromatic heterocycles. The van der Waals surface area contributed by atoms with Crippen LogP contribution in [-0.2, 0) is 9.84 Å². The van der Waals surface area contributed by atoms with Crippen molar-refractivity contribution in [1.82, 2.24) is 10.2 Å². The lowest BCUT2D eigenvalue weighted by atomic mass is 10.1. The summed E-state index contributed by atoms with van der Waals surface area (Å²) in [5, 5.41) is 3.31. The Kier molecular flexibility index (Phi) is 6.05. The predicted molar refractivity (Wildman–Crippen MR) is 84.8 cm³/mol. The van der Waals surface area contributed by atoms with E-state index < -0.39 is 9.84 Å². The summed E-state index contributed by atoms with van der Waals surface area (Å²) in [5.74, 6) is 1.10. The van der Waals surface area contributed by atoms with Crippen molar-refractivity contribution in [3.8, 4) is 0 Å². The van der Waals surface area contributed by atoms with Crippen molar-refractivity contribution >= 4 is 15.8 Å². The van der Waals surface area contributed by atoms with E-state index in [2.05, 4.69) is 21.8 Å². The Balaban J connectivity index is 2.44. The lowest BCUT2D eigenvalue weighted by Gasteiger charge is -2.24.